The van der Waals surface area contributed by atoms with Crippen LogP contribution in [-0.4, -0.2) is 24.5 Å². The molecule has 0 spiro atoms. The number of carbonyl (C=O) groups is 1. The third-order valence-corrected chi connectivity index (χ3v) is 2.94. The first-order chi connectivity index (χ1) is 7.63. The standard InChI is InChI=1S/C11H18N2O2S/c1-8(2)11(14)12-5-4-9-7-16-10(13-9)6-15-3/h7-8H,4-6H2,1-3H3,(H,12,14). The van der Waals surface area contributed by atoms with E-state index < -0.39 is 0 Å². The molecule has 0 fully saturated rings. The lowest BCUT2D eigenvalue weighted by molar-refractivity contribution is -0.123. The lowest BCUT2D eigenvalue weighted by atomic mass is 10.2. The summed E-state index contributed by atoms with van der Waals surface area (Å²) in [7, 11) is 1.66. The average molecular weight is 242 g/mol. The van der Waals surface area contributed by atoms with Crippen molar-refractivity contribution in [1.29, 1.82) is 0 Å². The summed E-state index contributed by atoms with van der Waals surface area (Å²) in [6, 6.07) is 0. The summed E-state index contributed by atoms with van der Waals surface area (Å²) >= 11 is 1.59. The number of hydrogen-bond acceptors (Lipinski definition) is 4. The highest BCUT2D eigenvalue weighted by atomic mass is 32.1. The van der Waals surface area contributed by atoms with Gasteiger partial charge in [-0.3, -0.25) is 4.79 Å². The van der Waals surface area contributed by atoms with Gasteiger partial charge < -0.3 is 10.1 Å². The molecule has 90 valence electrons. The van der Waals surface area contributed by atoms with Crippen molar-refractivity contribution in [3.05, 3.63) is 16.1 Å². The normalized spacial score (nSPS) is 10.8. The molecule has 0 unspecified atom stereocenters. The van der Waals surface area contributed by atoms with Gasteiger partial charge in [0.25, 0.3) is 0 Å². The van der Waals surface area contributed by atoms with Crippen molar-refractivity contribution in [2.24, 2.45) is 5.92 Å². The van der Waals surface area contributed by atoms with E-state index in [-0.39, 0.29) is 11.8 Å². The average Bonchev–Trinajstić information content (AvgIpc) is 2.66. The molecular formula is C11H18N2O2S. The molecular weight excluding hydrogens is 224 g/mol. The van der Waals surface area contributed by atoms with E-state index in [4.69, 9.17) is 4.74 Å². The summed E-state index contributed by atoms with van der Waals surface area (Å²) < 4.78 is 4.99. The fourth-order valence-electron chi connectivity index (χ4n) is 1.17. The summed E-state index contributed by atoms with van der Waals surface area (Å²) in [4.78, 5) is 15.7. The van der Waals surface area contributed by atoms with Crippen molar-refractivity contribution in [1.82, 2.24) is 10.3 Å². The molecule has 0 saturated heterocycles. The van der Waals surface area contributed by atoms with E-state index in [0.29, 0.717) is 13.2 Å². The molecule has 4 nitrogen and oxygen atoms in total. The number of amides is 1. The smallest absolute Gasteiger partial charge is 0.222 e. The Labute approximate surface area is 100 Å². The largest absolute Gasteiger partial charge is 0.378 e. The number of carbonyl (C=O) groups excluding carboxylic acids is 1. The van der Waals surface area contributed by atoms with Gasteiger partial charge in [-0.1, -0.05) is 13.8 Å². The minimum Gasteiger partial charge on any atom is -0.378 e. The highest BCUT2D eigenvalue weighted by Gasteiger charge is 2.06. The summed E-state index contributed by atoms with van der Waals surface area (Å²) in [6.07, 6.45) is 0.776. The van der Waals surface area contributed by atoms with Crippen LogP contribution in [0.4, 0.5) is 0 Å². The van der Waals surface area contributed by atoms with Crippen LogP contribution in [0.5, 0.6) is 0 Å². The molecule has 1 N–H and O–H groups in total. The number of ether oxygens (including phenoxy) is 1. The van der Waals surface area contributed by atoms with Crippen LogP contribution >= 0.6 is 11.3 Å². The second-order valence-corrected chi connectivity index (χ2v) is 4.80. The Kier molecular flexibility index (Phi) is 5.42. The Morgan fingerprint density at radius 1 is 1.62 bits per heavy atom. The lowest BCUT2D eigenvalue weighted by Crippen LogP contribution is -2.29. The van der Waals surface area contributed by atoms with Crippen LogP contribution in [0.1, 0.15) is 24.5 Å². The van der Waals surface area contributed by atoms with Gasteiger partial charge in [-0.25, -0.2) is 4.98 Å². The van der Waals surface area contributed by atoms with Crippen molar-refractivity contribution in [2.45, 2.75) is 26.9 Å². The zero-order valence-corrected chi connectivity index (χ0v) is 10.8. The highest BCUT2D eigenvalue weighted by Crippen LogP contribution is 2.10. The third-order valence-electron chi connectivity index (χ3n) is 2.07. The summed E-state index contributed by atoms with van der Waals surface area (Å²) in [6.45, 7) is 4.97. The van der Waals surface area contributed by atoms with Gasteiger partial charge in [-0.15, -0.1) is 11.3 Å². The maximum Gasteiger partial charge on any atom is 0.222 e. The van der Waals surface area contributed by atoms with Crippen LogP contribution in [0, 0.1) is 5.92 Å². The molecule has 0 bridgehead atoms. The van der Waals surface area contributed by atoms with E-state index in [9.17, 15) is 4.79 Å². The van der Waals surface area contributed by atoms with Gasteiger partial charge in [0.05, 0.1) is 12.3 Å². The summed E-state index contributed by atoms with van der Waals surface area (Å²) in [5.41, 5.74) is 1.01. The first-order valence-corrected chi connectivity index (χ1v) is 6.21. The van der Waals surface area contributed by atoms with Crippen LogP contribution in [0.15, 0.2) is 5.38 Å². The van der Waals surface area contributed by atoms with Gasteiger partial charge in [-0.2, -0.15) is 0 Å². The second-order valence-electron chi connectivity index (χ2n) is 3.86. The van der Waals surface area contributed by atoms with Gasteiger partial charge in [0.2, 0.25) is 5.91 Å². The summed E-state index contributed by atoms with van der Waals surface area (Å²) in [5.74, 6) is 0.131. The zero-order valence-electron chi connectivity index (χ0n) is 9.95. The lowest BCUT2D eigenvalue weighted by Gasteiger charge is -2.05. The minimum absolute atomic E-state index is 0.0412. The third kappa shape index (κ3) is 4.28. The maximum absolute atomic E-state index is 11.3. The van der Waals surface area contributed by atoms with Crippen LogP contribution in [0.3, 0.4) is 0 Å². The van der Waals surface area contributed by atoms with Gasteiger partial charge in [-0.05, 0) is 0 Å². The van der Waals surface area contributed by atoms with E-state index in [0.717, 1.165) is 17.1 Å². The Balaban J connectivity index is 2.29. The quantitative estimate of drug-likeness (QED) is 0.824. The fourth-order valence-corrected chi connectivity index (χ4v) is 1.97. The number of nitrogens with one attached hydrogen (secondary N) is 1. The molecule has 5 heteroatoms. The SMILES string of the molecule is COCc1nc(CCNC(=O)C(C)C)cs1. The van der Waals surface area contributed by atoms with Crippen molar-refractivity contribution in [3.8, 4) is 0 Å². The van der Waals surface area contributed by atoms with Crippen LogP contribution in [0.2, 0.25) is 0 Å². The molecule has 1 amide bonds. The molecule has 1 aromatic rings. The number of methoxy groups -OCH3 is 1. The van der Waals surface area contributed by atoms with Crippen molar-refractivity contribution in [2.75, 3.05) is 13.7 Å². The van der Waals surface area contributed by atoms with Gasteiger partial charge >= 0.3 is 0 Å². The van der Waals surface area contributed by atoms with E-state index in [1.807, 2.05) is 19.2 Å². The van der Waals surface area contributed by atoms with Gasteiger partial charge in [0.1, 0.15) is 5.01 Å². The van der Waals surface area contributed by atoms with E-state index in [2.05, 4.69) is 10.3 Å². The molecule has 0 aliphatic carbocycles. The molecule has 1 aromatic heterocycles. The Morgan fingerprint density at radius 3 is 3.00 bits per heavy atom. The number of rotatable bonds is 6. The Morgan fingerprint density at radius 2 is 2.38 bits per heavy atom. The topological polar surface area (TPSA) is 51.2 Å². The zero-order chi connectivity index (χ0) is 12.0. The first kappa shape index (κ1) is 13.1. The number of hydrogen-bond donors (Lipinski definition) is 1. The molecule has 1 rings (SSSR count). The van der Waals surface area contributed by atoms with E-state index in [1.165, 1.54) is 0 Å². The Bertz CT molecular complexity index is 336. The van der Waals surface area contributed by atoms with Gasteiger partial charge in [0.15, 0.2) is 0 Å². The number of nitrogens with zero attached hydrogens (tertiary/aromatic N) is 1. The first-order valence-electron chi connectivity index (χ1n) is 5.33. The molecule has 0 atom stereocenters. The summed E-state index contributed by atoms with van der Waals surface area (Å²) in [5, 5.41) is 5.86. The second kappa shape index (κ2) is 6.60. The highest BCUT2D eigenvalue weighted by molar-refractivity contribution is 7.09. The minimum atomic E-state index is 0.0412. The fraction of sp³-hybridized carbons (Fsp3) is 0.636. The van der Waals surface area contributed by atoms with Crippen LogP contribution in [-0.2, 0) is 22.6 Å². The predicted molar refractivity (Wildman–Crippen MR) is 64.4 cm³/mol. The predicted octanol–water partition coefficient (Wildman–Crippen LogP) is 1.60. The van der Waals surface area contributed by atoms with Gasteiger partial charge in [0, 0.05) is 31.4 Å². The van der Waals surface area contributed by atoms with Crippen molar-refractivity contribution >= 4 is 17.2 Å². The molecule has 0 aromatic carbocycles. The molecule has 0 aliphatic heterocycles. The Hall–Kier alpha value is -0.940. The molecule has 0 aliphatic rings. The van der Waals surface area contributed by atoms with Crippen molar-refractivity contribution < 1.29 is 9.53 Å². The van der Waals surface area contributed by atoms with Crippen LogP contribution in [0.25, 0.3) is 0 Å². The maximum atomic E-state index is 11.3. The van der Waals surface area contributed by atoms with E-state index >= 15 is 0 Å². The van der Waals surface area contributed by atoms with Crippen molar-refractivity contribution in [3.63, 3.8) is 0 Å². The van der Waals surface area contributed by atoms with E-state index in [1.54, 1.807) is 18.4 Å². The monoisotopic (exact) mass is 242 g/mol. The van der Waals surface area contributed by atoms with Crippen LogP contribution < -0.4 is 5.32 Å². The molecule has 0 radical (unpaired) electrons. The molecule has 16 heavy (non-hydrogen) atoms. The number of thiazole rings is 1. The molecule has 1 heterocycles. The molecule has 0 saturated carbocycles. The number of aromatic nitrogens is 1.